The van der Waals surface area contributed by atoms with Crippen LogP contribution in [0.25, 0.3) is 10.9 Å². The maximum absolute atomic E-state index is 9.23. The lowest BCUT2D eigenvalue weighted by atomic mass is 10.00. The fourth-order valence-corrected chi connectivity index (χ4v) is 2.48. The van der Waals surface area contributed by atoms with Crippen LogP contribution in [0.15, 0.2) is 24.3 Å². The minimum atomic E-state index is -0.0442. The second-order valence-electron chi connectivity index (χ2n) is 5.16. The van der Waals surface area contributed by atoms with Crippen LogP contribution in [0, 0.1) is 11.3 Å². The molecule has 2 heterocycles. The van der Waals surface area contributed by atoms with Crippen molar-refractivity contribution in [2.24, 2.45) is 0 Å². The number of hydrogen-bond acceptors (Lipinski definition) is 5. The van der Waals surface area contributed by atoms with Crippen molar-refractivity contribution in [1.29, 1.82) is 5.26 Å². The van der Waals surface area contributed by atoms with Gasteiger partial charge in [0.05, 0.1) is 11.2 Å². The number of benzene rings is 1. The summed E-state index contributed by atoms with van der Waals surface area (Å²) in [5.41, 5.74) is 1.90. The van der Waals surface area contributed by atoms with Crippen LogP contribution in [-0.4, -0.2) is 28.8 Å². The van der Waals surface area contributed by atoms with Gasteiger partial charge in [-0.25, -0.2) is 0 Å². The van der Waals surface area contributed by atoms with Crippen molar-refractivity contribution in [2.45, 2.75) is 18.9 Å². The van der Waals surface area contributed by atoms with E-state index in [0.717, 1.165) is 36.1 Å². The first-order chi connectivity index (χ1) is 9.22. The van der Waals surface area contributed by atoms with Gasteiger partial charge in [-0.05, 0) is 26.0 Å². The summed E-state index contributed by atoms with van der Waals surface area (Å²) in [6.07, 6.45) is 1.02. The van der Waals surface area contributed by atoms with Crippen LogP contribution in [0.3, 0.4) is 0 Å². The Morgan fingerprint density at radius 3 is 2.95 bits per heavy atom. The van der Waals surface area contributed by atoms with E-state index in [-0.39, 0.29) is 5.54 Å². The summed E-state index contributed by atoms with van der Waals surface area (Å²) in [6, 6.07) is 9.87. The first-order valence-corrected chi connectivity index (χ1v) is 6.36. The second kappa shape index (κ2) is 4.48. The summed E-state index contributed by atoms with van der Waals surface area (Å²) in [4.78, 5) is 0. The van der Waals surface area contributed by atoms with Gasteiger partial charge >= 0.3 is 0 Å². The molecule has 5 nitrogen and oxygen atoms in total. The minimum absolute atomic E-state index is 0.0442. The standard InChI is InChI=1S/C14H15N5/c1-14(6-7-16-9-14)17-13-10-4-2-3-5-11(10)18-19-12(13)8-15/h2-5,16H,6-7,9H2,1H3,(H,17,18). The topological polar surface area (TPSA) is 73.6 Å². The number of hydrogen-bond donors (Lipinski definition) is 2. The Kier molecular flexibility index (Phi) is 2.80. The van der Waals surface area contributed by atoms with Crippen molar-refractivity contribution in [2.75, 3.05) is 18.4 Å². The number of anilines is 1. The van der Waals surface area contributed by atoms with E-state index in [0.29, 0.717) is 5.69 Å². The Morgan fingerprint density at radius 1 is 1.37 bits per heavy atom. The highest BCUT2D eigenvalue weighted by Crippen LogP contribution is 2.28. The van der Waals surface area contributed by atoms with Gasteiger partial charge in [0, 0.05) is 17.5 Å². The summed E-state index contributed by atoms with van der Waals surface area (Å²) in [5.74, 6) is 0. The molecule has 1 aliphatic rings. The van der Waals surface area contributed by atoms with Gasteiger partial charge in [0.2, 0.25) is 0 Å². The first-order valence-electron chi connectivity index (χ1n) is 6.36. The maximum atomic E-state index is 9.23. The van der Waals surface area contributed by atoms with Gasteiger partial charge in [-0.2, -0.15) is 5.26 Å². The van der Waals surface area contributed by atoms with Crippen molar-refractivity contribution in [1.82, 2.24) is 15.5 Å². The van der Waals surface area contributed by atoms with Crippen molar-refractivity contribution in [3.8, 4) is 6.07 Å². The van der Waals surface area contributed by atoms with Gasteiger partial charge in [-0.15, -0.1) is 10.2 Å². The van der Waals surface area contributed by atoms with Gasteiger partial charge in [-0.3, -0.25) is 0 Å². The van der Waals surface area contributed by atoms with E-state index in [4.69, 9.17) is 0 Å². The SMILES string of the molecule is CC1(Nc2c(C#N)nnc3ccccc23)CCNC1. The molecule has 0 spiro atoms. The lowest BCUT2D eigenvalue weighted by Crippen LogP contribution is -2.37. The molecule has 1 aromatic carbocycles. The van der Waals surface area contributed by atoms with Crippen molar-refractivity contribution in [3.05, 3.63) is 30.0 Å². The highest BCUT2D eigenvalue weighted by atomic mass is 15.1. The lowest BCUT2D eigenvalue weighted by molar-refractivity contribution is 0.567. The summed E-state index contributed by atoms with van der Waals surface area (Å²) in [6.45, 7) is 4.03. The number of nitrogens with zero attached hydrogens (tertiary/aromatic N) is 3. The Labute approximate surface area is 111 Å². The fraction of sp³-hybridized carbons (Fsp3) is 0.357. The molecule has 1 aliphatic heterocycles. The van der Waals surface area contributed by atoms with E-state index in [2.05, 4.69) is 33.8 Å². The maximum Gasteiger partial charge on any atom is 0.186 e. The smallest absolute Gasteiger partial charge is 0.186 e. The van der Waals surface area contributed by atoms with E-state index in [1.807, 2.05) is 24.3 Å². The number of fused-ring (bicyclic) bond motifs is 1. The Hall–Kier alpha value is -2.19. The number of rotatable bonds is 2. The van der Waals surface area contributed by atoms with E-state index in [9.17, 15) is 5.26 Å². The highest BCUT2D eigenvalue weighted by molar-refractivity contribution is 5.93. The van der Waals surface area contributed by atoms with Crippen molar-refractivity contribution < 1.29 is 0 Å². The van der Waals surface area contributed by atoms with Crippen LogP contribution in [-0.2, 0) is 0 Å². The third kappa shape index (κ3) is 2.11. The summed E-state index contributed by atoms with van der Waals surface area (Å²) in [7, 11) is 0. The predicted molar refractivity (Wildman–Crippen MR) is 73.8 cm³/mol. The van der Waals surface area contributed by atoms with Crippen LogP contribution in [0.5, 0.6) is 0 Å². The average molecular weight is 253 g/mol. The molecular weight excluding hydrogens is 238 g/mol. The van der Waals surface area contributed by atoms with Gasteiger partial charge < -0.3 is 10.6 Å². The molecule has 2 aromatic rings. The monoisotopic (exact) mass is 253 g/mol. The molecule has 96 valence electrons. The average Bonchev–Trinajstić information content (AvgIpc) is 2.86. The third-order valence-electron chi connectivity index (χ3n) is 3.57. The molecule has 1 unspecified atom stereocenters. The van der Waals surface area contributed by atoms with Gasteiger partial charge in [0.1, 0.15) is 6.07 Å². The third-order valence-corrected chi connectivity index (χ3v) is 3.57. The van der Waals surface area contributed by atoms with Crippen LogP contribution < -0.4 is 10.6 Å². The molecule has 2 N–H and O–H groups in total. The largest absolute Gasteiger partial charge is 0.376 e. The quantitative estimate of drug-likeness (QED) is 0.851. The minimum Gasteiger partial charge on any atom is -0.376 e. The Balaban J connectivity index is 2.12. The van der Waals surface area contributed by atoms with E-state index < -0.39 is 0 Å². The second-order valence-corrected chi connectivity index (χ2v) is 5.16. The van der Waals surface area contributed by atoms with Crippen LogP contribution in [0.1, 0.15) is 19.0 Å². The molecule has 3 rings (SSSR count). The Morgan fingerprint density at radius 2 is 2.21 bits per heavy atom. The summed E-state index contributed by atoms with van der Waals surface area (Å²) in [5, 5.41) is 25.1. The zero-order valence-electron chi connectivity index (χ0n) is 10.8. The zero-order chi connectivity index (χ0) is 13.3. The van der Waals surface area contributed by atoms with Gasteiger partial charge in [-0.1, -0.05) is 18.2 Å². The zero-order valence-corrected chi connectivity index (χ0v) is 10.8. The van der Waals surface area contributed by atoms with Crippen LogP contribution in [0.2, 0.25) is 0 Å². The molecule has 0 radical (unpaired) electrons. The number of nitriles is 1. The van der Waals surface area contributed by atoms with Crippen molar-refractivity contribution >= 4 is 16.6 Å². The normalized spacial score (nSPS) is 22.3. The molecule has 1 aromatic heterocycles. The van der Waals surface area contributed by atoms with Crippen LogP contribution >= 0.6 is 0 Å². The number of nitrogens with one attached hydrogen (secondary N) is 2. The summed E-state index contributed by atoms with van der Waals surface area (Å²) < 4.78 is 0. The highest BCUT2D eigenvalue weighted by Gasteiger charge is 2.29. The molecule has 1 fully saturated rings. The lowest BCUT2D eigenvalue weighted by Gasteiger charge is -2.26. The molecule has 0 saturated carbocycles. The van der Waals surface area contributed by atoms with Gasteiger partial charge in [0.25, 0.3) is 0 Å². The first kappa shape index (κ1) is 11.9. The number of aromatic nitrogens is 2. The molecule has 5 heteroatoms. The molecular formula is C14H15N5. The van der Waals surface area contributed by atoms with E-state index >= 15 is 0 Å². The van der Waals surface area contributed by atoms with Crippen LogP contribution in [0.4, 0.5) is 5.69 Å². The molecule has 1 saturated heterocycles. The molecule has 0 bridgehead atoms. The Bertz CT molecular complexity index is 652. The van der Waals surface area contributed by atoms with Crippen molar-refractivity contribution in [3.63, 3.8) is 0 Å². The molecule has 1 atom stereocenters. The predicted octanol–water partition coefficient (Wildman–Crippen LogP) is 1.67. The van der Waals surface area contributed by atoms with E-state index in [1.165, 1.54) is 0 Å². The molecule has 0 aliphatic carbocycles. The van der Waals surface area contributed by atoms with Gasteiger partial charge in [0.15, 0.2) is 5.69 Å². The molecule has 0 amide bonds. The fourth-order valence-electron chi connectivity index (χ4n) is 2.48. The summed E-state index contributed by atoms with van der Waals surface area (Å²) >= 11 is 0. The molecule has 19 heavy (non-hydrogen) atoms. The van der Waals surface area contributed by atoms with E-state index in [1.54, 1.807) is 0 Å².